The number of nitrogens with zero attached hydrogens (tertiary/aromatic N) is 1. The van der Waals surface area contributed by atoms with Crippen LogP contribution < -0.4 is 37.2 Å². The second-order valence-electron chi connectivity index (χ2n) is 29.4. The average Bonchev–Trinajstić information content (AvgIpc) is 0.789. The Morgan fingerprint density at radius 1 is 0.344 bits per heavy atom. The van der Waals surface area contributed by atoms with Crippen molar-refractivity contribution in [3.8, 4) is 0 Å². The zero-order valence-corrected chi connectivity index (χ0v) is 71.4. The molecule has 42 heteroatoms. The van der Waals surface area contributed by atoms with E-state index in [1.807, 2.05) is 0 Å². The van der Waals surface area contributed by atoms with Crippen molar-refractivity contribution in [2.45, 2.75) is 309 Å². The molecule has 122 heavy (non-hydrogen) atoms. The van der Waals surface area contributed by atoms with Gasteiger partial charge in [-0.1, -0.05) is 51.2 Å². The molecule has 3 fully saturated rings. The summed E-state index contributed by atoms with van der Waals surface area (Å²) in [4.78, 5) is 273. The summed E-state index contributed by atoms with van der Waals surface area (Å²) in [7, 11) is 0. The number of rotatable bonds is 54. The Morgan fingerprint density at radius 3 is 0.984 bits per heavy atom. The summed E-state index contributed by atoms with van der Waals surface area (Å²) in [6.45, 7) is 13.6. The Kier molecular flexibility index (Phi) is 48.2. The highest BCUT2D eigenvalue weighted by Gasteiger charge is 2.56. The topological polar surface area (TPSA) is 566 Å². The maximum absolute atomic E-state index is 14.6. The molecule has 3 aliphatic heterocycles. The van der Waals surface area contributed by atoms with Crippen molar-refractivity contribution in [1.29, 1.82) is 0 Å². The standard InChI is InChI=1S/C80H120N8O34/c1-14-40-110-67(108)32-21-19-17-15-16-18-20-22-35-83-80(109)56(87-65(106)31-25-28-59(103)73-70(86-46(4)91)79(119-55(13)100)76(116-52(10)97)62(122-73)43-113-49(7)94)33-34-66(107)88(38-36-81-63(104)29-23-26-57(101)71-68(84-44(2)89)77(117-53(11)98)74(114-50(8)95)60(120-71)41-111-47(5)92)39-37-82-64(105)30-24-27-58(102)72-69(85-45(3)90)78(118-54(12)99)75(115-51(9)96)61(121-72)42-112-48(6)93/h14,56,60-62,68-79H,1,15-43H2,2-13H3,(H,81,104)(H,82,105)(H,83,109)(H,84,89)(H,85,90)(H,86,91)(H,87,106)/t56-,60?,61?,62?,68?,69?,70?,71?,72?,73?,74?,75?,76?,77?,78?,79?/m0/s1. The highest BCUT2D eigenvalue weighted by Crippen LogP contribution is 2.33. The SMILES string of the molecule is C=CCOC(=O)CCCCCCCCCCNC(=O)[C@H](CCC(=O)N(CCNC(=O)CCCC(=O)C1OC(COC(C)=O)C(OC(C)=O)C(OC(C)=O)C1NC(C)=O)CCNC(=O)CCCC(=O)C1OC(COC(C)=O)C(OC(C)=O)C(OC(C)=O)C1NC(C)=O)NC(=O)CCCC(=O)C1OC(COC(C)=O)C(OC(C)=O)C(OC(C)=O)C1NC(C)=O. The van der Waals surface area contributed by atoms with E-state index in [4.69, 9.17) is 61.6 Å². The summed E-state index contributed by atoms with van der Waals surface area (Å²) < 4.78 is 71.3. The van der Waals surface area contributed by atoms with Gasteiger partial charge in [-0.25, -0.2) is 0 Å². The molecule has 0 aromatic rings. The highest BCUT2D eigenvalue weighted by molar-refractivity contribution is 5.91. The van der Waals surface area contributed by atoms with E-state index >= 15 is 0 Å². The molecular weight excluding hydrogens is 1620 g/mol. The first-order valence-corrected chi connectivity index (χ1v) is 40.6. The summed E-state index contributed by atoms with van der Waals surface area (Å²) >= 11 is 0. The molecule has 0 aromatic carbocycles. The number of ketones is 3. The third-order valence-electron chi connectivity index (χ3n) is 18.8. The summed E-state index contributed by atoms with van der Waals surface area (Å²) in [5.41, 5.74) is 0. The van der Waals surface area contributed by atoms with Crippen LogP contribution in [0.1, 0.15) is 212 Å². The highest BCUT2D eigenvalue weighted by atomic mass is 16.7. The molecule has 0 aromatic heterocycles. The Morgan fingerprint density at radius 2 is 0.664 bits per heavy atom. The fraction of sp³-hybridized carbons (Fsp3) is 0.713. The first-order valence-electron chi connectivity index (χ1n) is 40.6. The zero-order chi connectivity index (χ0) is 91.3. The molecule has 15 unspecified atom stereocenters. The smallest absolute Gasteiger partial charge is 0.306 e. The van der Waals surface area contributed by atoms with E-state index in [1.54, 1.807) is 0 Å². The van der Waals surface area contributed by atoms with Crippen LogP contribution >= 0.6 is 0 Å². The summed E-state index contributed by atoms with van der Waals surface area (Å²) in [6, 6.07) is -5.82. The molecule has 0 spiro atoms. The number of esters is 10. The van der Waals surface area contributed by atoms with Crippen molar-refractivity contribution in [3.05, 3.63) is 12.7 Å². The number of nitrogens with one attached hydrogen (secondary N) is 7. The lowest BCUT2D eigenvalue weighted by molar-refractivity contribution is -0.222. The molecule has 0 saturated carbocycles. The minimum atomic E-state index is -1.65. The molecule has 3 heterocycles. The Labute approximate surface area is 706 Å². The van der Waals surface area contributed by atoms with Crippen molar-refractivity contribution in [3.63, 3.8) is 0 Å². The molecule has 3 rings (SSSR count). The van der Waals surface area contributed by atoms with Crippen LogP contribution in [0.3, 0.4) is 0 Å². The minimum Gasteiger partial charge on any atom is -0.463 e. The van der Waals surface area contributed by atoms with Gasteiger partial charge in [0.05, 0.1) is 0 Å². The first-order chi connectivity index (χ1) is 57.6. The zero-order valence-electron chi connectivity index (χ0n) is 71.4. The molecule has 3 aliphatic rings. The van der Waals surface area contributed by atoms with Crippen molar-refractivity contribution in [1.82, 2.24) is 42.1 Å². The number of Topliss-reactive ketones (excluding diaryl/α,β-unsaturated/α-hetero) is 3. The molecule has 684 valence electrons. The summed E-state index contributed by atoms with van der Waals surface area (Å²) in [5.74, 6) is -15.8. The van der Waals surface area contributed by atoms with Crippen molar-refractivity contribution >= 4 is 124 Å². The Hall–Kier alpha value is -10.9. The number of carbonyl (C=O) groups excluding carboxylic acids is 21. The summed E-state index contributed by atoms with van der Waals surface area (Å²) in [6.07, 6.45) is -14.2. The van der Waals surface area contributed by atoms with Crippen molar-refractivity contribution < 1.29 is 162 Å². The van der Waals surface area contributed by atoms with Crippen LogP contribution in [0.2, 0.25) is 0 Å². The molecule has 7 N–H and O–H groups in total. The van der Waals surface area contributed by atoms with Gasteiger partial charge in [0.1, 0.15) is 87.2 Å². The lowest BCUT2D eigenvalue weighted by Gasteiger charge is -2.44. The number of ether oxygens (including phenoxy) is 13. The molecule has 3 saturated heterocycles. The first kappa shape index (κ1) is 105. The van der Waals surface area contributed by atoms with Crippen LogP contribution in [0.15, 0.2) is 12.7 Å². The number of unbranched alkanes of at least 4 members (excludes halogenated alkanes) is 7. The van der Waals surface area contributed by atoms with Crippen LogP contribution in [0, 0.1) is 0 Å². The molecule has 0 radical (unpaired) electrons. The monoisotopic (exact) mass is 1740 g/mol. The molecule has 0 aliphatic carbocycles. The largest absolute Gasteiger partial charge is 0.463 e. The van der Waals surface area contributed by atoms with E-state index in [2.05, 4.69) is 43.8 Å². The second kappa shape index (κ2) is 55.9. The molecule has 16 atom stereocenters. The molecule has 0 bridgehead atoms. The van der Waals surface area contributed by atoms with Gasteiger partial charge in [-0.15, -0.1) is 0 Å². The van der Waals surface area contributed by atoms with E-state index in [0.29, 0.717) is 19.3 Å². The van der Waals surface area contributed by atoms with E-state index in [-0.39, 0.29) is 90.2 Å². The second-order valence-corrected chi connectivity index (χ2v) is 29.4. The number of hydrogen-bond donors (Lipinski definition) is 7. The minimum absolute atomic E-state index is 0.133. The molecular formula is C80H120N8O34. The maximum atomic E-state index is 14.6. The fourth-order valence-corrected chi connectivity index (χ4v) is 13.7. The van der Waals surface area contributed by atoms with E-state index < -0.39 is 268 Å². The lowest BCUT2D eigenvalue weighted by atomic mass is 9.88. The number of amides is 8. The van der Waals surface area contributed by atoms with Crippen LogP contribution in [0.5, 0.6) is 0 Å². The van der Waals surface area contributed by atoms with Gasteiger partial charge in [-0.3, -0.25) is 101 Å². The van der Waals surface area contributed by atoms with Gasteiger partial charge in [-0.05, 0) is 38.5 Å². The van der Waals surface area contributed by atoms with Gasteiger partial charge >= 0.3 is 59.7 Å². The average molecular weight is 1740 g/mol. The van der Waals surface area contributed by atoms with Crippen molar-refractivity contribution in [2.75, 3.05) is 59.2 Å². The lowest BCUT2D eigenvalue weighted by Crippen LogP contribution is -2.67. The molecule has 42 nitrogen and oxygen atoms in total. The van der Waals surface area contributed by atoms with E-state index in [0.717, 1.165) is 115 Å². The van der Waals surface area contributed by atoms with Gasteiger partial charge in [0.25, 0.3) is 0 Å². The van der Waals surface area contributed by atoms with Gasteiger partial charge < -0.3 is 104 Å². The van der Waals surface area contributed by atoms with Crippen LogP contribution in [0.4, 0.5) is 0 Å². The van der Waals surface area contributed by atoms with Gasteiger partial charge in [0.15, 0.2) is 54.0 Å². The predicted molar refractivity (Wildman–Crippen MR) is 418 cm³/mol. The number of hydrogen-bond acceptors (Lipinski definition) is 34. The fourth-order valence-electron chi connectivity index (χ4n) is 13.7. The van der Waals surface area contributed by atoms with Crippen LogP contribution in [-0.4, -0.2) is 286 Å². The maximum Gasteiger partial charge on any atom is 0.306 e. The van der Waals surface area contributed by atoms with E-state index in [9.17, 15) is 101 Å². The normalized spacial score (nSPS) is 22.2. The predicted octanol–water partition coefficient (Wildman–Crippen LogP) is -0.0173. The Balaban J connectivity index is 1.96. The van der Waals surface area contributed by atoms with Crippen LogP contribution in [0.25, 0.3) is 0 Å². The van der Waals surface area contributed by atoms with Gasteiger partial charge in [0.2, 0.25) is 47.3 Å². The quantitative estimate of drug-likeness (QED) is 0.0182. The molecule has 8 amide bonds. The third kappa shape index (κ3) is 40.6. The van der Waals surface area contributed by atoms with Crippen molar-refractivity contribution in [2.24, 2.45) is 0 Å². The van der Waals surface area contributed by atoms with Gasteiger partial charge in [-0.2, -0.15) is 0 Å². The summed E-state index contributed by atoms with van der Waals surface area (Å²) in [5, 5.41) is 18.3. The van der Waals surface area contributed by atoms with Crippen LogP contribution in [-0.2, 0) is 162 Å². The van der Waals surface area contributed by atoms with E-state index in [1.165, 1.54) is 11.0 Å². The third-order valence-corrected chi connectivity index (χ3v) is 18.8. The van der Waals surface area contributed by atoms with Gasteiger partial charge in [0, 0.05) is 167 Å². The number of carbonyl (C=O) groups is 21. The Bertz CT molecular complexity index is 3520.